The highest BCUT2D eigenvalue weighted by Gasteiger charge is 2.28. The summed E-state index contributed by atoms with van der Waals surface area (Å²) >= 11 is 0. The third kappa shape index (κ3) is 3.94. The van der Waals surface area contributed by atoms with E-state index >= 15 is 0 Å². The molecule has 0 bridgehead atoms. The van der Waals surface area contributed by atoms with Gasteiger partial charge in [0.15, 0.2) is 0 Å². The lowest BCUT2D eigenvalue weighted by molar-refractivity contribution is 0.0790. The number of nitrogens with zero attached hydrogens (tertiary/aromatic N) is 1. The van der Waals surface area contributed by atoms with E-state index in [1.165, 1.54) is 11.1 Å². The van der Waals surface area contributed by atoms with Crippen LogP contribution >= 0.6 is 0 Å². The molecule has 1 unspecified atom stereocenters. The Labute approximate surface area is 166 Å². The lowest BCUT2D eigenvalue weighted by atomic mass is 9.98. The molecule has 1 atom stereocenters. The molecule has 1 fully saturated rings. The van der Waals surface area contributed by atoms with Gasteiger partial charge in [0.05, 0.1) is 7.11 Å². The Bertz CT molecular complexity index is 934. The van der Waals surface area contributed by atoms with Crippen LogP contribution in [0.15, 0.2) is 78.9 Å². The Hall–Kier alpha value is -3.07. The minimum absolute atomic E-state index is 0.141. The molecule has 3 nitrogen and oxygen atoms in total. The number of amides is 1. The highest BCUT2D eigenvalue weighted by Crippen LogP contribution is 2.30. The van der Waals surface area contributed by atoms with E-state index in [1.54, 1.807) is 7.11 Å². The maximum absolute atomic E-state index is 13.2. The van der Waals surface area contributed by atoms with Gasteiger partial charge in [-0.05, 0) is 47.7 Å². The summed E-state index contributed by atoms with van der Waals surface area (Å²) in [4.78, 5) is 15.2. The maximum atomic E-state index is 13.2. The Morgan fingerprint density at radius 1 is 0.964 bits per heavy atom. The molecule has 0 aromatic heterocycles. The van der Waals surface area contributed by atoms with Crippen molar-refractivity contribution in [3.63, 3.8) is 0 Å². The summed E-state index contributed by atoms with van der Waals surface area (Å²) in [6, 6.07) is 26.5. The van der Waals surface area contributed by atoms with E-state index in [2.05, 4.69) is 30.3 Å². The molecule has 0 saturated carbocycles. The predicted octanol–water partition coefficient (Wildman–Crippen LogP) is 4.92. The molecule has 142 valence electrons. The van der Waals surface area contributed by atoms with Gasteiger partial charge in [-0.3, -0.25) is 4.79 Å². The van der Waals surface area contributed by atoms with Gasteiger partial charge in [0.1, 0.15) is 5.75 Å². The number of likely N-dealkylation sites (tertiary alicyclic amines) is 1. The topological polar surface area (TPSA) is 29.5 Å². The van der Waals surface area contributed by atoms with Crippen LogP contribution in [0.5, 0.6) is 5.75 Å². The van der Waals surface area contributed by atoms with Crippen LogP contribution in [0.2, 0.25) is 0 Å². The number of carbonyl (C=O) groups is 1. The summed E-state index contributed by atoms with van der Waals surface area (Å²) in [5.74, 6) is 1.39. The normalized spacial score (nSPS) is 16.2. The van der Waals surface area contributed by atoms with E-state index < -0.39 is 0 Å². The van der Waals surface area contributed by atoms with Crippen LogP contribution in [0.4, 0.5) is 0 Å². The van der Waals surface area contributed by atoms with Crippen LogP contribution in [0.25, 0.3) is 0 Å². The molecule has 28 heavy (non-hydrogen) atoms. The second-order valence-electron chi connectivity index (χ2n) is 7.33. The number of hydrogen-bond acceptors (Lipinski definition) is 2. The van der Waals surface area contributed by atoms with Gasteiger partial charge < -0.3 is 9.64 Å². The van der Waals surface area contributed by atoms with E-state index in [9.17, 15) is 4.79 Å². The van der Waals surface area contributed by atoms with Crippen LogP contribution in [-0.4, -0.2) is 31.0 Å². The van der Waals surface area contributed by atoms with Gasteiger partial charge in [0.2, 0.25) is 0 Å². The molecule has 1 amide bonds. The highest BCUT2D eigenvalue weighted by atomic mass is 16.5. The second-order valence-corrected chi connectivity index (χ2v) is 7.33. The summed E-state index contributed by atoms with van der Waals surface area (Å²) in [5, 5.41) is 0. The number of ether oxygens (including phenoxy) is 1. The third-order valence-electron chi connectivity index (χ3n) is 5.55. The lowest BCUT2D eigenvalue weighted by Crippen LogP contribution is -2.29. The fourth-order valence-electron chi connectivity index (χ4n) is 3.96. The summed E-state index contributed by atoms with van der Waals surface area (Å²) in [6.45, 7) is 1.57. The maximum Gasteiger partial charge on any atom is 0.254 e. The standard InChI is InChI=1S/C25H25NO2/c1-28-23-13-11-20(12-14-23)22-15-16-26(18-22)25(27)24-10-6-5-9-21(24)17-19-7-3-2-4-8-19/h2-14,22H,15-18H2,1H3. The van der Waals surface area contributed by atoms with Gasteiger partial charge in [-0.1, -0.05) is 60.7 Å². The number of methoxy groups -OCH3 is 1. The molecule has 0 spiro atoms. The average Bonchev–Trinajstić information content (AvgIpc) is 3.25. The smallest absolute Gasteiger partial charge is 0.254 e. The molecule has 1 aliphatic heterocycles. The molecule has 1 heterocycles. The molecule has 3 heteroatoms. The second kappa shape index (κ2) is 8.30. The molecule has 0 radical (unpaired) electrons. The summed E-state index contributed by atoms with van der Waals surface area (Å²) < 4.78 is 5.25. The average molecular weight is 371 g/mol. The van der Waals surface area contributed by atoms with Gasteiger partial charge in [0.25, 0.3) is 5.91 Å². The Morgan fingerprint density at radius 3 is 2.43 bits per heavy atom. The van der Waals surface area contributed by atoms with E-state index in [0.29, 0.717) is 5.92 Å². The van der Waals surface area contributed by atoms with E-state index in [4.69, 9.17) is 4.74 Å². The van der Waals surface area contributed by atoms with Crippen molar-refractivity contribution in [2.24, 2.45) is 0 Å². The fourth-order valence-corrected chi connectivity index (χ4v) is 3.96. The molecule has 0 aliphatic carbocycles. The van der Waals surface area contributed by atoms with Crippen molar-refractivity contribution >= 4 is 5.91 Å². The van der Waals surface area contributed by atoms with Crippen LogP contribution in [0.3, 0.4) is 0 Å². The van der Waals surface area contributed by atoms with Crippen LogP contribution in [0, 0.1) is 0 Å². The largest absolute Gasteiger partial charge is 0.497 e. The van der Waals surface area contributed by atoms with Crippen LogP contribution in [-0.2, 0) is 6.42 Å². The third-order valence-corrected chi connectivity index (χ3v) is 5.55. The molecular formula is C25H25NO2. The van der Waals surface area contributed by atoms with E-state index in [-0.39, 0.29) is 5.91 Å². The zero-order valence-corrected chi connectivity index (χ0v) is 16.2. The first kappa shape index (κ1) is 18.3. The summed E-state index contributed by atoms with van der Waals surface area (Å²) in [7, 11) is 1.68. The quantitative estimate of drug-likeness (QED) is 0.637. The Kier molecular flexibility index (Phi) is 5.43. The highest BCUT2D eigenvalue weighted by molar-refractivity contribution is 5.96. The van der Waals surface area contributed by atoms with Crippen LogP contribution < -0.4 is 4.74 Å². The van der Waals surface area contributed by atoms with Crippen LogP contribution in [0.1, 0.15) is 39.4 Å². The van der Waals surface area contributed by atoms with Crippen molar-refractivity contribution in [3.8, 4) is 5.75 Å². The Balaban J connectivity index is 1.49. The molecule has 0 N–H and O–H groups in total. The zero-order valence-electron chi connectivity index (χ0n) is 16.2. The monoisotopic (exact) mass is 371 g/mol. The lowest BCUT2D eigenvalue weighted by Gasteiger charge is -2.19. The van der Waals surface area contributed by atoms with Gasteiger partial charge in [-0.2, -0.15) is 0 Å². The van der Waals surface area contributed by atoms with Crippen molar-refractivity contribution in [3.05, 3.63) is 101 Å². The number of rotatable bonds is 5. The van der Waals surface area contributed by atoms with Crippen molar-refractivity contribution in [2.45, 2.75) is 18.8 Å². The molecule has 1 saturated heterocycles. The number of carbonyl (C=O) groups excluding carboxylic acids is 1. The molecule has 3 aromatic carbocycles. The molecular weight excluding hydrogens is 346 g/mol. The van der Waals surface area contributed by atoms with Crippen molar-refractivity contribution in [2.75, 3.05) is 20.2 Å². The first-order chi connectivity index (χ1) is 13.7. The molecule has 4 rings (SSSR count). The first-order valence-corrected chi connectivity index (χ1v) is 9.79. The van der Waals surface area contributed by atoms with Crippen molar-refractivity contribution < 1.29 is 9.53 Å². The van der Waals surface area contributed by atoms with Gasteiger partial charge in [-0.15, -0.1) is 0 Å². The van der Waals surface area contributed by atoms with Gasteiger partial charge in [0, 0.05) is 24.6 Å². The van der Waals surface area contributed by atoms with Crippen molar-refractivity contribution in [1.82, 2.24) is 4.90 Å². The van der Waals surface area contributed by atoms with E-state index in [0.717, 1.165) is 42.8 Å². The predicted molar refractivity (Wildman–Crippen MR) is 112 cm³/mol. The number of hydrogen-bond donors (Lipinski definition) is 0. The molecule has 1 aliphatic rings. The number of benzene rings is 3. The SMILES string of the molecule is COc1ccc(C2CCN(C(=O)c3ccccc3Cc3ccccc3)C2)cc1. The van der Waals surface area contributed by atoms with E-state index in [1.807, 2.05) is 53.4 Å². The fraction of sp³-hybridized carbons (Fsp3) is 0.240. The van der Waals surface area contributed by atoms with Gasteiger partial charge >= 0.3 is 0 Å². The first-order valence-electron chi connectivity index (χ1n) is 9.79. The summed E-state index contributed by atoms with van der Waals surface area (Å²) in [6.07, 6.45) is 1.78. The van der Waals surface area contributed by atoms with Gasteiger partial charge in [-0.25, -0.2) is 0 Å². The Morgan fingerprint density at radius 2 is 1.68 bits per heavy atom. The minimum atomic E-state index is 0.141. The minimum Gasteiger partial charge on any atom is -0.497 e. The zero-order chi connectivity index (χ0) is 19.3. The summed E-state index contributed by atoms with van der Waals surface area (Å²) in [5.41, 5.74) is 4.40. The molecule has 3 aromatic rings. The van der Waals surface area contributed by atoms with Crippen molar-refractivity contribution in [1.29, 1.82) is 0 Å².